The standard InChI is InChI=1S/C10H10O3/c11-8(7-3-4-7)6-9(12)10-2-1-5-13-10/h1-2,5,7H,3-4,6H2. The molecule has 0 atom stereocenters. The highest BCUT2D eigenvalue weighted by Gasteiger charge is 2.31. The van der Waals surface area contributed by atoms with Crippen LogP contribution in [0.2, 0.25) is 0 Å². The Morgan fingerprint density at radius 2 is 2.23 bits per heavy atom. The van der Waals surface area contributed by atoms with Gasteiger partial charge in [-0.15, -0.1) is 0 Å². The van der Waals surface area contributed by atoms with Crippen LogP contribution in [0.3, 0.4) is 0 Å². The van der Waals surface area contributed by atoms with Gasteiger partial charge in [-0.3, -0.25) is 9.59 Å². The van der Waals surface area contributed by atoms with E-state index in [9.17, 15) is 9.59 Å². The summed E-state index contributed by atoms with van der Waals surface area (Å²) in [6.45, 7) is 0. The van der Waals surface area contributed by atoms with Gasteiger partial charge in [0.25, 0.3) is 0 Å². The Morgan fingerprint density at radius 1 is 1.46 bits per heavy atom. The molecule has 0 spiro atoms. The van der Waals surface area contributed by atoms with Crippen LogP contribution >= 0.6 is 0 Å². The summed E-state index contributed by atoms with van der Waals surface area (Å²) >= 11 is 0. The van der Waals surface area contributed by atoms with Gasteiger partial charge in [0.2, 0.25) is 5.78 Å². The van der Waals surface area contributed by atoms with Gasteiger partial charge in [-0.2, -0.15) is 0 Å². The van der Waals surface area contributed by atoms with Crippen LogP contribution < -0.4 is 0 Å². The minimum Gasteiger partial charge on any atom is -0.461 e. The molecule has 13 heavy (non-hydrogen) atoms. The van der Waals surface area contributed by atoms with Crippen LogP contribution in [-0.4, -0.2) is 11.6 Å². The van der Waals surface area contributed by atoms with Crippen molar-refractivity contribution in [3.63, 3.8) is 0 Å². The zero-order valence-electron chi connectivity index (χ0n) is 7.16. The Kier molecular flexibility index (Phi) is 2.00. The molecule has 1 aliphatic carbocycles. The summed E-state index contributed by atoms with van der Waals surface area (Å²) in [4.78, 5) is 22.6. The number of carbonyl (C=O) groups excluding carboxylic acids is 2. The monoisotopic (exact) mass is 178 g/mol. The maximum atomic E-state index is 11.3. The lowest BCUT2D eigenvalue weighted by Crippen LogP contribution is -2.08. The Bertz CT molecular complexity index is 320. The average Bonchev–Trinajstić information content (AvgIpc) is 2.81. The van der Waals surface area contributed by atoms with Crippen LogP contribution in [0, 0.1) is 5.92 Å². The number of Topliss-reactive ketones (excluding diaryl/α,β-unsaturated/α-hetero) is 2. The lowest BCUT2D eigenvalue weighted by molar-refractivity contribution is -0.119. The average molecular weight is 178 g/mol. The molecule has 1 saturated carbocycles. The number of hydrogen-bond acceptors (Lipinski definition) is 3. The summed E-state index contributed by atoms with van der Waals surface area (Å²) in [5.41, 5.74) is 0. The molecule has 0 bridgehead atoms. The fraction of sp³-hybridized carbons (Fsp3) is 0.400. The number of carbonyl (C=O) groups is 2. The molecule has 0 unspecified atom stereocenters. The van der Waals surface area contributed by atoms with Crippen molar-refractivity contribution in [1.82, 2.24) is 0 Å². The summed E-state index contributed by atoms with van der Waals surface area (Å²) in [6, 6.07) is 3.23. The van der Waals surface area contributed by atoms with Crippen molar-refractivity contribution in [3.05, 3.63) is 24.2 Å². The molecule has 1 heterocycles. The molecule has 3 heteroatoms. The predicted molar refractivity (Wildman–Crippen MR) is 45.4 cm³/mol. The van der Waals surface area contributed by atoms with E-state index in [0.717, 1.165) is 12.8 Å². The van der Waals surface area contributed by atoms with Gasteiger partial charge < -0.3 is 4.42 Å². The molecule has 1 aromatic heterocycles. The molecule has 0 aliphatic heterocycles. The SMILES string of the molecule is O=C(CC(=O)C1CC1)c1ccco1. The highest BCUT2D eigenvalue weighted by atomic mass is 16.3. The van der Waals surface area contributed by atoms with Crippen LogP contribution in [0.5, 0.6) is 0 Å². The van der Waals surface area contributed by atoms with Gasteiger partial charge in [-0.05, 0) is 25.0 Å². The third-order valence-electron chi connectivity index (χ3n) is 2.16. The van der Waals surface area contributed by atoms with Gasteiger partial charge in [-0.25, -0.2) is 0 Å². The minimum absolute atomic E-state index is 0.00181. The molecule has 1 aromatic rings. The Morgan fingerprint density at radius 3 is 2.77 bits per heavy atom. The first-order valence-corrected chi connectivity index (χ1v) is 4.37. The van der Waals surface area contributed by atoms with Gasteiger partial charge >= 0.3 is 0 Å². The Labute approximate surface area is 75.7 Å². The molecule has 1 fully saturated rings. The van der Waals surface area contributed by atoms with Crippen molar-refractivity contribution < 1.29 is 14.0 Å². The van der Waals surface area contributed by atoms with Gasteiger partial charge in [0.15, 0.2) is 5.76 Å². The van der Waals surface area contributed by atoms with E-state index in [4.69, 9.17) is 4.42 Å². The summed E-state index contributed by atoms with van der Waals surface area (Å²) in [5, 5.41) is 0. The molecule has 1 aliphatic rings. The molecule has 0 N–H and O–H groups in total. The van der Waals surface area contributed by atoms with E-state index in [1.807, 2.05) is 0 Å². The second kappa shape index (κ2) is 3.17. The van der Waals surface area contributed by atoms with Crippen molar-refractivity contribution in [2.75, 3.05) is 0 Å². The lowest BCUT2D eigenvalue weighted by atomic mass is 10.1. The summed E-state index contributed by atoms with van der Waals surface area (Å²) < 4.78 is 4.89. The molecule has 0 aromatic carbocycles. The molecule has 0 saturated heterocycles. The van der Waals surface area contributed by atoms with Crippen LogP contribution in [0.15, 0.2) is 22.8 Å². The van der Waals surface area contributed by atoms with E-state index in [2.05, 4.69) is 0 Å². The third kappa shape index (κ3) is 1.86. The summed E-state index contributed by atoms with van der Waals surface area (Å²) in [7, 11) is 0. The maximum absolute atomic E-state index is 11.3. The topological polar surface area (TPSA) is 47.3 Å². The smallest absolute Gasteiger partial charge is 0.205 e. The van der Waals surface area contributed by atoms with Gasteiger partial charge in [0.1, 0.15) is 5.78 Å². The van der Waals surface area contributed by atoms with Gasteiger partial charge in [-0.1, -0.05) is 0 Å². The zero-order valence-corrected chi connectivity index (χ0v) is 7.16. The summed E-state index contributed by atoms with van der Waals surface area (Å²) in [5.74, 6) is 0.288. The van der Waals surface area contributed by atoms with Crippen molar-refractivity contribution in [2.45, 2.75) is 19.3 Å². The number of hydrogen-bond donors (Lipinski definition) is 0. The number of ketones is 2. The third-order valence-corrected chi connectivity index (χ3v) is 2.16. The van der Waals surface area contributed by atoms with Gasteiger partial charge in [0, 0.05) is 5.92 Å². The molecule has 0 amide bonds. The quantitative estimate of drug-likeness (QED) is 0.522. The van der Waals surface area contributed by atoms with E-state index >= 15 is 0 Å². The van der Waals surface area contributed by atoms with Crippen LogP contribution in [0.1, 0.15) is 29.8 Å². The summed E-state index contributed by atoms with van der Waals surface area (Å²) in [6.07, 6.45) is 3.33. The van der Waals surface area contributed by atoms with E-state index in [0.29, 0.717) is 0 Å². The predicted octanol–water partition coefficient (Wildman–Crippen LogP) is 1.83. The fourth-order valence-corrected chi connectivity index (χ4v) is 1.23. The molecular formula is C10H10O3. The fourth-order valence-electron chi connectivity index (χ4n) is 1.23. The second-order valence-electron chi connectivity index (χ2n) is 3.32. The highest BCUT2D eigenvalue weighted by Crippen LogP contribution is 2.31. The van der Waals surface area contributed by atoms with Crippen LogP contribution in [-0.2, 0) is 4.79 Å². The van der Waals surface area contributed by atoms with E-state index in [1.54, 1.807) is 12.1 Å². The van der Waals surface area contributed by atoms with Gasteiger partial charge in [0.05, 0.1) is 12.7 Å². The first-order valence-electron chi connectivity index (χ1n) is 4.37. The highest BCUT2D eigenvalue weighted by molar-refractivity contribution is 6.07. The normalized spacial score (nSPS) is 15.7. The van der Waals surface area contributed by atoms with E-state index < -0.39 is 0 Å². The lowest BCUT2D eigenvalue weighted by Gasteiger charge is -1.94. The van der Waals surface area contributed by atoms with Crippen molar-refractivity contribution in [1.29, 1.82) is 0 Å². The van der Waals surface area contributed by atoms with Crippen LogP contribution in [0.25, 0.3) is 0 Å². The van der Waals surface area contributed by atoms with E-state index in [-0.39, 0.29) is 29.7 Å². The Balaban J connectivity index is 1.95. The number of rotatable bonds is 4. The van der Waals surface area contributed by atoms with E-state index in [1.165, 1.54) is 6.26 Å². The first kappa shape index (κ1) is 8.23. The van der Waals surface area contributed by atoms with Crippen molar-refractivity contribution >= 4 is 11.6 Å². The molecule has 0 radical (unpaired) electrons. The van der Waals surface area contributed by atoms with Crippen LogP contribution in [0.4, 0.5) is 0 Å². The largest absolute Gasteiger partial charge is 0.461 e. The molecule has 2 rings (SSSR count). The Hall–Kier alpha value is -1.38. The molecule has 68 valence electrons. The van der Waals surface area contributed by atoms with Crippen molar-refractivity contribution in [2.24, 2.45) is 5.92 Å². The second-order valence-corrected chi connectivity index (χ2v) is 3.32. The molecule has 3 nitrogen and oxygen atoms in total. The maximum Gasteiger partial charge on any atom is 0.205 e. The number of furan rings is 1. The first-order chi connectivity index (χ1) is 6.27. The molecular weight excluding hydrogens is 168 g/mol. The zero-order chi connectivity index (χ0) is 9.26. The minimum atomic E-state index is -0.207. The van der Waals surface area contributed by atoms with Crippen molar-refractivity contribution in [3.8, 4) is 0 Å².